The summed E-state index contributed by atoms with van der Waals surface area (Å²) in [7, 11) is 0. The highest BCUT2D eigenvalue weighted by molar-refractivity contribution is 8.00. The van der Waals surface area contributed by atoms with E-state index in [1.54, 1.807) is 13.8 Å². The number of aliphatic carboxylic acids is 1. The third kappa shape index (κ3) is 3.92. The molecule has 0 aromatic carbocycles. The van der Waals surface area contributed by atoms with Gasteiger partial charge < -0.3 is 20.0 Å². The lowest BCUT2D eigenvalue weighted by Crippen LogP contribution is -2.35. The molecule has 1 aliphatic heterocycles. The number of hydrogen-bond donors (Lipinski definition) is 1. The number of ether oxygens (including phenoxy) is 1. The standard InChI is InChI=1S/C10H13F2NO3S/c1-6-8(9(14)15)16-10(2,13-6)17-5-3-4-7(11)12/h4,13H,3,5H2,1-2H3,(H,14,15)/p-1. The summed E-state index contributed by atoms with van der Waals surface area (Å²) in [5.74, 6) is -1.25. The van der Waals surface area contributed by atoms with Gasteiger partial charge in [-0.25, -0.2) is 0 Å². The fraction of sp³-hybridized carbons (Fsp3) is 0.500. The third-order valence-electron chi connectivity index (χ3n) is 2.03. The van der Waals surface area contributed by atoms with E-state index in [2.05, 4.69) is 5.32 Å². The number of carbonyl (C=O) groups is 1. The van der Waals surface area contributed by atoms with Crippen LogP contribution in [-0.4, -0.2) is 16.8 Å². The molecule has 1 rings (SSSR count). The van der Waals surface area contributed by atoms with Crippen LogP contribution in [-0.2, 0) is 9.53 Å². The van der Waals surface area contributed by atoms with Gasteiger partial charge in [0.05, 0.1) is 5.70 Å². The van der Waals surface area contributed by atoms with Gasteiger partial charge in [0, 0.05) is 12.7 Å². The Hall–Kier alpha value is -1.24. The maximum Gasteiger partial charge on any atom is 0.266 e. The van der Waals surface area contributed by atoms with Gasteiger partial charge in [-0.3, -0.25) is 0 Å². The first-order valence-corrected chi connectivity index (χ1v) is 5.87. The van der Waals surface area contributed by atoms with Gasteiger partial charge in [-0.2, -0.15) is 8.78 Å². The summed E-state index contributed by atoms with van der Waals surface area (Å²) in [6.07, 6.45) is -0.723. The summed E-state index contributed by atoms with van der Waals surface area (Å²) >= 11 is 1.21. The topological polar surface area (TPSA) is 61.4 Å². The Morgan fingerprint density at radius 2 is 2.29 bits per heavy atom. The van der Waals surface area contributed by atoms with Crippen LogP contribution in [0.5, 0.6) is 0 Å². The Morgan fingerprint density at radius 3 is 2.76 bits per heavy atom. The van der Waals surface area contributed by atoms with Crippen LogP contribution in [0.25, 0.3) is 0 Å². The second kappa shape index (κ2) is 5.39. The van der Waals surface area contributed by atoms with E-state index in [9.17, 15) is 18.7 Å². The highest BCUT2D eigenvalue weighted by Gasteiger charge is 2.34. The van der Waals surface area contributed by atoms with E-state index >= 15 is 0 Å². The lowest BCUT2D eigenvalue weighted by Gasteiger charge is -2.25. The number of carboxylic acids is 1. The van der Waals surface area contributed by atoms with Gasteiger partial charge in [0.2, 0.25) is 5.06 Å². The average molecular weight is 264 g/mol. The number of thioether (sulfide) groups is 1. The van der Waals surface area contributed by atoms with Gasteiger partial charge in [0.25, 0.3) is 6.08 Å². The van der Waals surface area contributed by atoms with Gasteiger partial charge >= 0.3 is 0 Å². The van der Waals surface area contributed by atoms with E-state index in [0.717, 1.165) is 6.08 Å². The molecule has 1 unspecified atom stereocenters. The van der Waals surface area contributed by atoms with Crippen molar-refractivity contribution in [2.75, 3.05) is 5.75 Å². The van der Waals surface area contributed by atoms with E-state index in [4.69, 9.17) is 4.74 Å². The highest BCUT2D eigenvalue weighted by atomic mass is 32.2. The van der Waals surface area contributed by atoms with Crippen molar-refractivity contribution >= 4 is 17.7 Å². The van der Waals surface area contributed by atoms with Gasteiger partial charge in [-0.05, 0) is 19.4 Å². The summed E-state index contributed by atoms with van der Waals surface area (Å²) in [6.45, 7) is 3.19. The maximum absolute atomic E-state index is 11.8. The first-order chi connectivity index (χ1) is 7.84. The van der Waals surface area contributed by atoms with Crippen LogP contribution in [0.4, 0.5) is 8.78 Å². The maximum atomic E-state index is 11.8. The predicted molar refractivity (Wildman–Crippen MR) is 57.7 cm³/mol. The van der Waals surface area contributed by atoms with Crippen molar-refractivity contribution in [3.05, 3.63) is 23.6 Å². The summed E-state index contributed by atoms with van der Waals surface area (Å²) in [6, 6.07) is 0. The first-order valence-electron chi connectivity index (χ1n) is 4.88. The Morgan fingerprint density at radius 1 is 1.65 bits per heavy atom. The zero-order valence-electron chi connectivity index (χ0n) is 9.38. The molecule has 0 radical (unpaired) electrons. The van der Waals surface area contributed by atoms with Crippen LogP contribution in [0.15, 0.2) is 23.6 Å². The minimum atomic E-state index is -1.72. The normalized spacial score (nSPS) is 23.1. The zero-order chi connectivity index (χ0) is 13.1. The molecule has 96 valence electrons. The Labute approximate surface area is 102 Å². The third-order valence-corrected chi connectivity index (χ3v) is 3.21. The first kappa shape index (κ1) is 13.8. The van der Waals surface area contributed by atoms with Crippen LogP contribution < -0.4 is 10.4 Å². The van der Waals surface area contributed by atoms with Crippen molar-refractivity contribution in [2.24, 2.45) is 0 Å². The van der Waals surface area contributed by atoms with E-state index < -0.39 is 17.1 Å². The number of rotatable bonds is 5. The fourth-order valence-electron chi connectivity index (χ4n) is 1.38. The smallest absolute Gasteiger partial charge is 0.266 e. The SMILES string of the molecule is CC1=C(C(=O)[O-])OC(C)(SCCC=C(F)F)N1. The number of nitrogens with one attached hydrogen (secondary N) is 1. The molecule has 0 aliphatic carbocycles. The van der Waals surface area contributed by atoms with Crippen molar-refractivity contribution in [3.8, 4) is 0 Å². The summed E-state index contributed by atoms with van der Waals surface area (Å²) in [5.41, 5.74) is 0.368. The second-order valence-electron chi connectivity index (χ2n) is 3.55. The monoisotopic (exact) mass is 264 g/mol. The molecule has 0 amide bonds. The zero-order valence-corrected chi connectivity index (χ0v) is 10.2. The average Bonchev–Trinajstić information content (AvgIpc) is 2.50. The van der Waals surface area contributed by atoms with Gasteiger partial charge in [-0.15, -0.1) is 0 Å². The van der Waals surface area contributed by atoms with E-state index in [0.29, 0.717) is 11.4 Å². The van der Waals surface area contributed by atoms with Crippen molar-refractivity contribution in [1.29, 1.82) is 0 Å². The summed E-state index contributed by atoms with van der Waals surface area (Å²) in [4.78, 5) is 10.7. The Kier molecular flexibility index (Phi) is 4.39. The van der Waals surface area contributed by atoms with Gasteiger partial charge in [0.15, 0.2) is 5.76 Å². The highest BCUT2D eigenvalue weighted by Crippen LogP contribution is 2.33. The molecule has 17 heavy (non-hydrogen) atoms. The van der Waals surface area contributed by atoms with E-state index in [1.807, 2.05) is 0 Å². The van der Waals surface area contributed by atoms with Gasteiger partial charge in [-0.1, -0.05) is 11.8 Å². The number of carbonyl (C=O) groups excluding carboxylic acids is 1. The molecule has 1 atom stereocenters. The molecule has 0 aromatic heterocycles. The molecule has 1 aliphatic rings. The van der Waals surface area contributed by atoms with Crippen molar-refractivity contribution in [2.45, 2.75) is 25.3 Å². The van der Waals surface area contributed by atoms with Crippen LogP contribution in [0.1, 0.15) is 20.3 Å². The number of hydrogen-bond acceptors (Lipinski definition) is 5. The summed E-state index contributed by atoms with van der Waals surface area (Å²) < 4.78 is 28.7. The molecule has 4 nitrogen and oxygen atoms in total. The minimum Gasteiger partial charge on any atom is -0.541 e. The number of carboxylic acid groups (broad SMARTS) is 1. The Balaban J connectivity index is 2.47. The number of allylic oxidation sites excluding steroid dienone is 2. The van der Waals surface area contributed by atoms with Crippen LogP contribution in [0.3, 0.4) is 0 Å². The van der Waals surface area contributed by atoms with Crippen LogP contribution in [0.2, 0.25) is 0 Å². The minimum absolute atomic E-state index is 0.188. The molecular formula is C10H12F2NO3S-. The molecule has 0 saturated carbocycles. The lowest BCUT2D eigenvalue weighted by molar-refractivity contribution is -0.303. The lowest BCUT2D eigenvalue weighted by atomic mass is 10.4. The van der Waals surface area contributed by atoms with Gasteiger partial charge in [0.1, 0.15) is 5.97 Å². The fourth-order valence-corrected chi connectivity index (χ4v) is 2.37. The molecule has 0 bridgehead atoms. The van der Waals surface area contributed by atoms with Crippen LogP contribution in [0, 0.1) is 0 Å². The van der Waals surface area contributed by atoms with E-state index in [-0.39, 0.29) is 12.2 Å². The molecule has 7 heteroatoms. The molecule has 0 aromatic rings. The van der Waals surface area contributed by atoms with Crippen molar-refractivity contribution in [1.82, 2.24) is 5.32 Å². The predicted octanol–water partition coefficient (Wildman–Crippen LogP) is 1.17. The molecule has 0 spiro atoms. The molecular weight excluding hydrogens is 252 g/mol. The van der Waals surface area contributed by atoms with Crippen molar-refractivity contribution < 1.29 is 23.4 Å². The number of halogens is 2. The van der Waals surface area contributed by atoms with Crippen molar-refractivity contribution in [3.63, 3.8) is 0 Å². The van der Waals surface area contributed by atoms with Crippen LogP contribution >= 0.6 is 11.8 Å². The summed E-state index contributed by atoms with van der Waals surface area (Å²) in [5, 5.41) is 12.6. The molecule has 1 N–H and O–H groups in total. The molecule has 0 saturated heterocycles. The largest absolute Gasteiger partial charge is 0.541 e. The quantitative estimate of drug-likeness (QED) is 0.755. The molecule has 0 fully saturated rings. The Bertz CT molecular complexity index is 380. The van der Waals surface area contributed by atoms with E-state index in [1.165, 1.54) is 11.8 Å². The molecule has 1 heterocycles. The second-order valence-corrected chi connectivity index (χ2v) is 5.02.